The minimum Gasteiger partial charge on any atom is -0.462 e. The van der Waals surface area contributed by atoms with Crippen molar-refractivity contribution in [3.63, 3.8) is 0 Å². The van der Waals surface area contributed by atoms with Crippen molar-refractivity contribution < 1.29 is 28.6 Å². The molecule has 0 aliphatic heterocycles. The lowest BCUT2D eigenvalue weighted by Crippen LogP contribution is -2.30. The van der Waals surface area contributed by atoms with Crippen LogP contribution in [0.15, 0.2) is 109 Å². The maximum atomic E-state index is 12.8. The van der Waals surface area contributed by atoms with E-state index >= 15 is 0 Å². The Hall–Kier alpha value is -3.93. The highest BCUT2D eigenvalue weighted by atomic mass is 16.6. The van der Waals surface area contributed by atoms with Gasteiger partial charge in [-0.05, 0) is 122 Å². The lowest BCUT2D eigenvalue weighted by atomic mass is 10.1. The molecule has 67 heavy (non-hydrogen) atoms. The highest BCUT2D eigenvalue weighted by Gasteiger charge is 2.19. The zero-order chi connectivity index (χ0) is 48.6. The average Bonchev–Trinajstić information content (AvgIpc) is 3.33. The molecule has 0 aromatic heterocycles. The second kappa shape index (κ2) is 54.7. The van der Waals surface area contributed by atoms with Crippen molar-refractivity contribution in [1.29, 1.82) is 0 Å². The molecular weight excluding hydrogens is 829 g/mol. The number of unbranched alkanes of at least 4 members (excludes halogenated alkanes) is 19. The van der Waals surface area contributed by atoms with E-state index in [1.165, 1.54) is 64.2 Å². The van der Waals surface area contributed by atoms with Crippen LogP contribution in [-0.2, 0) is 28.6 Å². The standard InChI is InChI=1S/C61H100O6/c1-4-7-10-13-16-19-22-25-26-27-28-29-30-31-32-33-34-37-39-42-45-48-51-54-60(63)66-57-58(67-61(64)55-52-49-46-43-40-36-24-21-18-15-12-9-6-3)56-65-59(62)53-50-47-44-41-38-35-23-20-17-14-11-8-5-2/h7,9-10,12,16,18-21,23,25-26,28-29,31-32,36,40,58H,4-6,8,11,13-15,17,22,24,27,30,33-35,37-39,41-57H2,1-3H3/b10-7-,12-9-,19-16-,21-18-,23-20-,26-25-,29-28-,32-31-,40-36-. The second-order valence-corrected chi connectivity index (χ2v) is 17.7. The van der Waals surface area contributed by atoms with E-state index in [1.807, 2.05) is 0 Å². The number of esters is 3. The molecule has 0 rings (SSSR count). The molecule has 0 aromatic carbocycles. The van der Waals surface area contributed by atoms with Crippen molar-refractivity contribution in [2.75, 3.05) is 13.2 Å². The number of hydrogen-bond donors (Lipinski definition) is 0. The molecular formula is C61H100O6. The second-order valence-electron chi connectivity index (χ2n) is 17.7. The van der Waals surface area contributed by atoms with Crippen LogP contribution < -0.4 is 0 Å². The summed E-state index contributed by atoms with van der Waals surface area (Å²) in [6.07, 6.45) is 73.6. The molecule has 0 spiro atoms. The Bertz CT molecular complexity index is 1390. The van der Waals surface area contributed by atoms with Crippen LogP contribution in [0.4, 0.5) is 0 Å². The van der Waals surface area contributed by atoms with Crippen molar-refractivity contribution >= 4 is 17.9 Å². The van der Waals surface area contributed by atoms with E-state index in [2.05, 4.69) is 130 Å². The number of ether oxygens (including phenoxy) is 3. The van der Waals surface area contributed by atoms with E-state index in [1.54, 1.807) is 0 Å². The zero-order valence-corrected chi connectivity index (χ0v) is 43.4. The van der Waals surface area contributed by atoms with E-state index < -0.39 is 6.10 Å². The first kappa shape index (κ1) is 63.1. The van der Waals surface area contributed by atoms with Gasteiger partial charge in [0, 0.05) is 19.3 Å². The first-order chi connectivity index (χ1) is 33.0. The third-order valence-corrected chi connectivity index (χ3v) is 11.2. The minimum absolute atomic E-state index is 0.0994. The lowest BCUT2D eigenvalue weighted by Gasteiger charge is -2.18. The van der Waals surface area contributed by atoms with E-state index in [4.69, 9.17) is 14.2 Å². The Balaban J connectivity index is 4.39. The lowest BCUT2D eigenvalue weighted by molar-refractivity contribution is -0.167. The van der Waals surface area contributed by atoms with E-state index in [9.17, 15) is 14.4 Å². The van der Waals surface area contributed by atoms with Gasteiger partial charge >= 0.3 is 17.9 Å². The van der Waals surface area contributed by atoms with Crippen molar-refractivity contribution in [1.82, 2.24) is 0 Å². The van der Waals surface area contributed by atoms with Crippen molar-refractivity contribution in [2.24, 2.45) is 0 Å². The number of carbonyl (C=O) groups excluding carboxylic acids is 3. The molecule has 0 aliphatic rings. The van der Waals surface area contributed by atoms with Gasteiger partial charge in [0.2, 0.25) is 0 Å². The topological polar surface area (TPSA) is 78.9 Å². The summed E-state index contributed by atoms with van der Waals surface area (Å²) in [5.74, 6) is -0.952. The van der Waals surface area contributed by atoms with Gasteiger partial charge in [-0.1, -0.05) is 207 Å². The van der Waals surface area contributed by atoms with Crippen LogP contribution in [0.25, 0.3) is 0 Å². The number of hydrogen-bond acceptors (Lipinski definition) is 6. The highest BCUT2D eigenvalue weighted by molar-refractivity contribution is 5.71. The smallest absolute Gasteiger partial charge is 0.306 e. The fourth-order valence-corrected chi connectivity index (χ4v) is 7.18. The molecule has 0 aliphatic carbocycles. The Labute approximate surface area is 412 Å². The Kier molecular flexibility index (Phi) is 51.5. The van der Waals surface area contributed by atoms with Crippen molar-refractivity contribution in [3.05, 3.63) is 109 Å². The third-order valence-electron chi connectivity index (χ3n) is 11.2. The molecule has 0 heterocycles. The minimum atomic E-state index is -0.803. The molecule has 0 bridgehead atoms. The van der Waals surface area contributed by atoms with E-state index in [-0.39, 0.29) is 37.5 Å². The molecule has 0 saturated heterocycles. The van der Waals surface area contributed by atoms with Gasteiger partial charge < -0.3 is 14.2 Å². The molecule has 0 amide bonds. The monoisotopic (exact) mass is 929 g/mol. The van der Waals surface area contributed by atoms with Gasteiger partial charge in [-0.15, -0.1) is 0 Å². The summed E-state index contributed by atoms with van der Waals surface area (Å²) < 4.78 is 16.8. The maximum Gasteiger partial charge on any atom is 0.306 e. The normalized spacial score (nSPS) is 12.9. The predicted molar refractivity (Wildman–Crippen MR) is 288 cm³/mol. The van der Waals surface area contributed by atoms with Gasteiger partial charge in [0.1, 0.15) is 13.2 Å². The summed E-state index contributed by atoms with van der Waals surface area (Å²) in [6, 6.07) is 0. The summed E-state index contributed by atoms with van der Waals surface area (Å²) in [6.45, 7) is 6.34. The number of rotatable bonds is 48. The summed E-state index contributed by atoms with van der Waals surface area (Å²) >= 11 is 0. The van der Waals surface area contributed by atoms with E-state index in [0.29, 0.717) is 12.8 Å². The van der Waals surface area contributed by atoms with Crippen LogP contribution in [0.3, 0.4) is 0 Å². The van der Waals surface area contributed by atoms with Crippen molar-refractivity contribution in [2.45, 2.75) is 245 Å². The molecule has 1 atom stereocenters. The fraction of sp³-hybridized carbons (Fsp3) is 0.656. The quantitative estimate of drug-likeness (QED) is 0.0262. The highest BCUT2D eigenvalue weighted by Crippen LogP contribution is 2.13. The number of carbonyl (C=O) groups is 3. The van der Waals surface area contributed by atoms with Gasteiger partial charge in [0.05, 0.1) is 0 Å². The fourth-order valence-electron chi connectivity index (χ4n) is 7.18. The van der Waals surface area contributed by atoms with Crippen LogP contribution in [0.2, 0.25) is 0 Å². The van der Waals surface area contributed by atoms with Crippen LogP contribution in [0.1, 0.15) is 239 Å². The summed E-state index contributed by atoms with van der Waals surface area (Å²) in [4.78, 5) is 38.0. The van der Waals surface area contributed by atoms with Gasteiger partial charge in [0.15, 0.2) is 6.10 Å². The van der Waals surface area contributed by atoms with Crippen LogP contribution >= 0.6 is 0 Å². The summed E-state index contributed by atoms with van der Waals surface area (Å²) in [5, 5.41) is 0. The molecule has 0 saturated carbocycles. The Morgan fingerprint density at radius 2 is 0.582 bits per heavy atom. The molecule has 0 fully saturated rings. The predicted octanol–water partition coefficient (Wildman–Crippen LogP) is 18.3. The van der Waals surface area contributed by atoms with Gasteiger partial charge in [-0.25, -0.2) is 0 Å². The summed E-state index contributed by atoms with van der Waals surface area (Å²) in [5.41, 5.74) is 0. The molecule has 6 heteroatoms. The average molecular weight is 929 g/mol. The largest absolute Gasteiger partial charge is 0.462 e. The molecule has 0 radical (unpaired) electrons. The number of allylic oxidation sites excluding steroid dienone is 18. The first-order valence-electron chi connectivity index (χ1n) is 27.4. The van der Waals surface area contributed by atoms with Gasteiger partial charge in [-0.3, -0.25) is 14.4 Å². The molecule has 1 unspecified atom stereocenters. The van der Waals surface area contributed by atoms with Crippen molar-refractivity contribution in [3.8, 4) is 0 Å². The van der Waals surface area contributed by atoms with E-state index in [0.717, 1.165) is 135 Å². The van der Waals surface area contributed by atoms with Gasteiger partial charge in [-0.2, -0.15) is 0 Å². The molecule has 6 nitrogen and oxygen atoms in total. The molecule has 380 valence electrons. The summed E-state index contributed by atoms with van der Waals surface area (Å²) in [7, 11) is 0. The SMILES string of the molecule is CC/C=C\C/C=C\C/C=C\C/C=C\C/C=C\CCCCCCCCCC(=O)OCC(COC(=O)CCCCCCC/C=C\CCCCCC)OC(=O)CCCCC/C=C\C/C=C\C/C=C\CC. The molecule has 0 aromatic rings. The van der Waals surface area contributed by atoms with Crippen LogP contribution in [0.5, 0.6) is 0 Å². The first-order valence-corrected chi connectivity index (χ1v) is 27.4. The zero-order valence-electron chi connectivity index (χ0n) is 43.4. The Morgan fingerprint density at radius 1 is 0.313 bits per heavy atom. The molecule has 0 N–H and O–H groups in total. The maximum absolute atomic E-state index is 12.8. The Morgan fingerprint density at radius 3 is 0.940 bits per heavy atom. The third kappa shape index (κ3) is 52.9. The van der Waals surface area contributed by atoms with Gasteiger partial charge in [0.25, 0.3) is 0 Å². The van der Waals surface area contributed by atoms with Crippen LogP contribution in [-0.4, -0.2) is 37.2 Å². The van der Waals surface area contributed by atoms with Crippen LogP contribution in [0, 0.1) is 0 Å².